The first-order valence-corrected chi connectivity index (χ1v) is 10.00. The second kappa shape index (κ2) is 16.1. The zero-order valence-corrected chi connectivity index (χ0v) is 16.4. The van der Waals surface area contributed by atoms with E-state index in [1.807, 2.05) is 26.0 Å². The van der Waals surface area contributed by atoms with Crippen LogP contribution >= 0.6 is 0 Å². The van der Waals surface area contributed by atoms with Crippen LogP contribution in [-0.2, 0) is 14.3 Å². The van der Waals surface area contributed by atoms with Gasteiger partial charge in [0.05, 0.1) is 11.8 Å². The fourth-order valence-corrected chi connectivity index (χ4v) is 2.72. The summed E-state index contributed by atoms with van der Waals surface area (Å²) in [6.07, 6.45) is 16.4. The van der Waals surface area contributed by atoms with Gasteiger partial charge in [-0.1, -0.05) is 64.5 Å². The molecule has 0 aliphatic heterocycles. The van der Waals surface area contributed by atoms with Gasteiger partial charge in [0, 0.05) is 0 Å². The molecule has 0 N–H and O–H groups in total. The van der Waals surface area contributed by atoms with E-state index < -0.39 is 0 Å². The maximum absolute atomic E-state index is 12.0. The van der Waals surface area contributed by atoms with Gasteiger partial charge in [-0.15, -0.1) is 13.2 Å². The Morgan fingerprint density at radius 1 is 0.720 bits per heavy atom. The van der Waals surface area contributed by atoms with Crippen LogP contribution in [-0.4, -0.2) is 11.9 Å². The van der Waals surface area contributed by atoms with E-state index >= 15 is 0 Å². The van der Waals surface area contributed by atoms with Gasteiger partial charge in [-0.25, -0.2) is 0 Å². The van der Waals surface area contributed by atoms with E-state index in [9.17, 15) is 9.59 Å². The van der Waals surface area contributed by atoms with Gasteiger partial charge in [0.1, 0.15) is 0 Å². The summed E-state index contributed by atoms with van der Waals surface area (Å²) in [6.45, 7) is 11.1. The molecule has 3 heteroatoms. The Hall–Kier alpha value is -1.38. The van der Waals surface area contributed by atoms with E-state index in [-0.39, 0.29) is 23.8 Å². The van der Waals surface area contributed by atoms with Gasteiger partial charge >= 0.3 is 11.9 Å². The molecular weight excluding hydrogens is 312 g/mol. The predicted octanol–water partition coefficient (Wildman–Crippen LogP) is 6.38. The van der Waals surface area contributed by atoms with Crippen LogP contribution in [0.4, 0.5) is 0 Å². The third-order valence-electron chi connectivity index (χ3n) is 4.60. The molecule has 0 saturated carbocycles. The number of rotatable bonds is 16. The molecule has 0 radical (unpaired) electrons. The quantitative estimate of drug-likeness (QED) is 0.140. The van der Waals surface area contributed by atoms with Gasteiger partial charge in [-0.05, 0) is 38.5 Å². The summed E-state index contributed by atoms with van der Waals surface area (Å²) in [5.41, 5.74) is 0. The first-order chi connectivity index (χ1) is 12.0. The lowest BCUT2D eigenvalue weighted by Crippen LogP contribution is -2.23. The second-order valence-electron chi connectivity index (χ2n) is 7.10. The minimum atomic E-state index is -0.367. The summed E-state index contributed by atoms with van der Waals surface area (Å²) in [5, 5.41) is 0. The highest BCUT2D eigenvalue weighted by atomic mass is 16.6. The lowest BCUT2D eigenvalue weighted by molar-refractivity contribution is -0.165. The molecule has 0 rings (SSSR count). The highest BCUT2D eigenvalue weighted by molar-refractivity contribution is 5.87. The van der Waals surface area contributed by atoms with Crippen molar-refractivity contribution in [3.05, 3.63) is 25.3 Å². The second-order valence-corrected chi connectivity index (χ2v) is 7.10. The van der Waals surface area contributed by atoms with Crippen LogP contribution in [0.5, 0.6) is 0 Å². The van der Waals surface area contributed by atoms with Crippen molar-refractivity contribution in [3.8, 4) is 0 Å². The Morgan fingerprint density at radius 2 is 1.08 bits per heavy atom. The summed E-state index contributed by atoms with van der Waals surface area (Å²) in [5.74, 6) is -1.13. The van der Waals surface area contributed by atoms with Crippen molar-refractivity contribution in [1.82, 2.24) is 0 Å². The topological polar surface area (TPSA) is 43.4 Å². The first kappa shape index (κ1) is 23.6. The van der Waals surface area contributed by atoms with E-state index in [1.165, 1.54) is 0 Å². The van der Waals surface area contributed by atoms with Crippen LogP contribution in [0.25, 0.3) is 0 Å². The molecule has 3 nitrogen and oxygen atoms in total. The summed E-state index contributed by atoms with van der Waals surface area (Å²) < 4.78 is 5.06. The molecule has 0 aliphatic rings. The third-order valence-corrected chi connectivity index (χ3v) is 4.60. The maximum Gasteiger partial charge on any atom is 0.316 e. The SMILES string of the molecule is C=CCCCCCCC(C)C(=O)OC(=O)C(C)CCCCCCC=C. The molecule has 0 saturated heterocycles. The molecule has 0 fully saturated rings. The van der Waals surface area contributed by atoms with E-state index in [0.717, 1.165) is 77.0 Å². The maximum atomic E-state index is 12.0. The smallest absolute Gasteiger partial charge is 0.316 e. The highest BCUT2D eigenvalue weighted by Gasteiger charge is 2.21. The van der Waals surface area contributed by atoms with Crippen molar-refractivity contribution in [2.75, 3.05) is 0 Å². The van der Waals surface area contributed by atoms with Gasteiger partial charge in [0.15, 0.2) is 0 Å². The lowest BCUT2D eigenvalue weighted by atomic mass is 10.0. The van der Waals surface area contributed by atoms with E-state index in [1.54, 1.807) is 0 Å². The molecule has 0 aromatic heterocycles. The normalized spacial score (nSPS) is 13.0. The van der Waals surface area contributed by atoms with Crippen LogP contribution in [0.1, 0.15) is 90.9 Å². The number of allylic oxidation sites excluding steroid dienone is 2. The largest absolute Gasteiger partial charge is 0.393 e. The van der Waals surface area contributed by atoms with Gasteiger partial charge in [0.25, 0.3) is 0 Å². The molecule has 0 spiro atoms. The van der Waals surface area contributed by atoms with Crippen molar-refractivity contribution >= 4 is 11.9 Å². The van der Waals surface area contributed by atoms with Crippen molar-refractivity contribution in [2.45, 2.75) is 90.9 Å². The highest BCUT2D eigenvalue weighted by Crippen LogP contribution is 2.16. The Balaban J connectivity index is 3.81. The molecular formula is C22H38O3. The molecule has 2 unspecified atom stereocenters. The molecule has 0 aliphatic carbocycles. The first-order valence-electron chi connectivity index (χ1n) is 10.00. The molecule has 25 heavy (non-hydrogen) atoms. The number of hydrogen-bond acceptors (Lipinski definition) is 3. The number of carbonyl (C=O) groups excluding carboxylic acids is 2. The molecule has 0 heterocycles. The fourth-order valence-electron chi connectivity index (χ4n) is 2.72. The Kier molecular flexibility index (Phi) is 15.2. The van der Waals surface area contributed by atoms with Crippen molar-refractivity contribution < 1.29 is 14.3 Å². The summed E-state index contributed by atoms with van der Waals surface area (Å²) >= 11 is 0. The number of unbranched alkanes of at least 4 members (excludes halogenated alkanes) is 8. The monoisotopic (exact) mass is 350 g/mol. The molecule has 144 valence electrons. The summed E-state index contributed by atoms with van der Waals surface area (Å²) in [4.78, 5) is 24.0. The third kappa shape index (κ3) is 13.6. The van der Waals surface area contributed by atoms with Crippen LogP contribution in [0.3, 0.4) is 0 Å². The number of hydrogen-bond donors (Lipinski definition) is 0. The van der Waals surface area contributed by atoms with E-state index in [0.29, 0.717) is 0 Å². The summed E-state index contributed by atoms with van der Waals surface area (Å²) in [6, 6.07) is 0. The lowest BCUT2D eigenvalue weighted by Gasteiger charge is -2.13. The number of esters is 2. The molecule has 0 amide bonds. The van der Waals surface area contributed by atoms with Gasteiger partial charge in [-0.3, -0.25) is 9.59 Å². The zero-order chi connectivity index (χ0) is 18.9. The fraction of sp³-hybridized carbons (Fsp3) is 0.727. The molecule has 0 aromatic carbocycles. The van der Waals surface area contributed by atoms with Crippen molar-refractivity contribution in [3.63, 3.8) is 0 Å². The van der Waals surface area contributed by atoms with E-state index in [2.05, 4.69) is 13.2 Å². The van der Waals surface area contributed by atoms with Crippen LogP contribution in [0, 0.1) is 11.8 Å². The Bertz CT molecular complexity index is 351. The minimum absolute atomic E-state index is 0.200. The van der Waals surface area contributed by atoms with Gasteiger partial charge in [0.2, 0.25) is 0 Å². The van der Waals surface area contributed by atoms with Crippen molar-refractivity contribution in [2.24, 2.45) is 11.8 Å². The minimum Gasteiger partial charge on any atom is -0.393 e. The Morgan fingerprint density at radius 3 is 1.44 bits per heavy atom. The summed E-state index contributed by atoms with van der Waals surface area (Å²) in [7, 11) is 0. The Labute approximate surface area is 154 Å². The average Bonchev–Trinajstić information content (AvgIpc) is 2.60. The van der Waals surface area contributed by atoms with E-state index in [4.69, 9.17) is 4.74 Å². The van der Waals surface area contributed by atoms with Gasteiger partial charge in [-0.2, -0.15) is 0 Å². The van der Waals surface area contributed by atoms with Crippen LogP contribution in [0.15, 0.2) is 25.3 Å². The predicted molar refractivity (Wildman–Crippen MR) is 105 cm³/mol. The average molecular weight is 351 g/mol. The number of carbonyl (C=O) groups is 2. The van der Waals surface area contributed by atoms with Crippen molar-refractivity contribution in [1.29, 1.82) is 0 Å². The standard InChI is InChI=1S/C22H38O3/c1-5-7-9-11-13-15-17-19(3)21(23)25-22(24)20(4)18-16-14-12-10-8-6-2/h5-6,19-20H,1-2,7-18H2,3-4H3. The molecule has 0 bridgehead atoms. The zero-order valence-electron chi connectivity index (χ0n) is 16.4. The van der Waals surface area contributed by atoms with Gasteiger partial charge < -0.3 is 4.74 Å². The molecule has 0 aromatic rings. The number of ether oxygens (including phenoxy) is 1. The van der Waals surface area contributed by atoms with Crippen LogP contribution < -0.4 is 0 Å². The molecule has 2 atom stereocenters. The van der Waals surface area contributed by atoms with Crippen LogP contribution in [0.2, 0.25) is 0 Å².